The normalized spacial score (nSPS) is 15.8. The molecule has 1 heterocycles. The lowest BCUT2D eigenvalue weighted by Crippen LogP contribution is -2.30. The number of imidazole rings is 1. The molecule has 1 aliphatic rings. The van der Waals surface area contributed by atoms with Gasteiger partial charge >= 0.3 is 6.18 Å². The number of halogens is 3. The SMILES string of the molecule is Cc1nc2cc(C(=O)NS(=O)(=O)c3cccc(C(F)(F)F)c3)ccc2n1C1CCCCC1. The Hall–Kier alpha value is -2.88. The summed E-state index contributed by atoms with van der Waals surface area (Å²) in [7, 11) is -4.49. The Morgan fingerprint density at radius 2 is 1.81 bits per heavy atom. The highest BCUT2D eigenvalue weighted by atomic mass is 32.2. The molecule has 0 saturated heterocycles. The molecule has 1 aliphatic carbocycles. The predicted molar refractivity (Wildman–Crippen MR) is 113 cm³/mol. The number of hydrogen-bond donors (Lipinski definition) is 1. The van der Waals surface area contributed by atoms with E-state index >= 15 is 0 Å². The van der Waals surface area contributed by atoms with Gasteiger partial charge in [-0.15, -0.1) is 0 Å². The molecule has 6 nitrogen and oxygen atoms in total. The van der Waals surface area contributed by atoms with Crippen LogP contribution in [0.25, 0.3) is 11.0 Å². The summed E-state index contributed by atoms with van der Waals surface area (Å²) in [6, 6.07) is 8.31. The number of aromatic nitrogens is 2. The summed E-state index contributed by atoms with van der Waals surface area (Å²) < 4.78 is 67.7. The molecule has 10 heteroatoms. The lowest BCUT2D eigenvalue weighted by molar-refractivity contribution is -0.137. The van der Waals surface area contributed by atoms with E-state index in [0.717, 1.165) is 55.2 Å². The van der Waals surface area contributed by atoms with Gasteiger partial charge in [0.1, 0.15) is 5.82 Å². The molecule has 0 atom stereocenters. The first-order valence-electron chi connectivity index (χ1n) is 10.3. The standard InChI is InChI=1S/C22H22F3N3O3S/c1-14-26-19-12-15(10-11-20(19)28(14)17-7-3-2-4-8-17)21(29)27-32(30,31)18-9-5-6-16(13-18)22(23,24)25/h5-6,9-13,17H,2-4,7-8H2,1H3,(H,27,29). The van der Waals surface area contributed by atoms with Crippen LogP contribution in [0.4, 0.5) is 13.2 Å². The fourth-order valence-corrected chi connectivity index (χ4v) is 5.26. The first-order valence-corrected chi connectivity index (χ1v) is 11.8. The van der Waals surface area contributed by atoms with E-state index in [1.807, 2.05) is 11.6 Å². The van der Waals surface area contributed by atoms with Crippen molar-refractivity contribution in [3.05, 3.63) is 59.4 Å². The number of sulfonamides is 1. The van der Waals surface area contributed by atoms with Gasteiger partial charge in [0, 0.05) is 11.6 Å². The van der Waals surface area contributed by atoms with Crippen LogP contribution in [0, 0.1) is 6.92 Å². The molecule has 4 rings (SSSR count). The molecule has 170 valence electrons. The number of carbonyl (C=O) groups is 1. The smallest absolute Gasteiger partial charge is 0.325 e. The first kappa shape index (κ1) is 22.3. The highest BCUT2D eigenvalue weighted by Gasteiger charge is 2.32. The Kier molecular flexibility index (Phi) is 5.74. The number of nitrogens with zero attached hydrogens (tertiary/aromatic N) is 2. The van der Waals surface area contributed by atoms with Crippen LogP contribution in [0.3, 0.4) is 0 Å². The molecule has 1 aromatic heterocycles. The van der Waals surface area contributed by atoms with Crippen LogP contribution in [0.2, 0.25) is 0 Å². The number of carbonyl (C=O) groups excluding carboxylic acids is 1. The maximum Gasteiger partial charge on any atom is 0.416 e. The number of rotatable bonds is 4. The quantitative estimate of drug-likeness (QED) is 0.589. The second-order valence-corrected chi connectivity index (χ2v) is 9.67. The predicted octanol–water partition coefficient (Wildman–Crippen LogP) is 4.99. The Morgan fingerprint density at radius 1 is 1.09 bits per heavy atom. The molecule has 0 radical (unpaired) electrons. The molecule has 3 aromatic rings. The number of hydrogen-bond acceptors (Lipinski definition) is 4. The van der Waals surface area contributed by atoms with Crippen LogP contribution in [0.15, 0.2) is 47.4 Å². The Balaban J connectivity index is 1.60. The molecular weight excluding hydrogens is 443 g/mol. The van der Waals surface area contributed by atoms with Gasteiger partial charge in [-0.2, -0.15) is 13.2 Å². The van der Waals surface area contributed by atoms with Gasteiger partial charge in [-0.3, -0.25) is 4.79 Å². The van der Waals surface area contributed by atoms with Crippen LogP contribution in [0.1, 0.15) is 59.9 Å². The number of aryl methyl sites for hydroxylation is 1. The third-order valence-electron chi connectivity index (χ3n) is 5.77. The van der Waals surface area contributed by atoms with Crippen molar-refractivity contribution in [3.63, 3.8) is 0 Å². The van der Waals surface area contributed by atoms with Gasteiger partial charge in [0.2, 0.25) is 0 Å². The highest BCUT2D eigenvalue weighted by Crippen LogP contribution is 2.33. The van der Waals surface area contributed by atoms with E-state index < -0.39 is 32.6 Å². The molecule has 32 heavy (non-hydrogen) atoms. The molecule has 1 N–H and O–H groups in total. The largest absolute Gasteiger partial charge is 0.416 e. The second kappa shape index (κ2) is 8.23. The summed E-state index contributed by atoms with van der Waals surface area (Å²) in [6.07, 6.45) is 0.936. The third-order valence-corrected chi connectivity index (χ3v) is 7.10. The second-order valence-electron chi connectivity index (χ2n) is 7.98. The van der Waals surface area contributed by atoms with Crippen LogP contribution < -0.4 is 4.72 Å². The van der Waals surface area contributed by atoms with Crippen molar-refractivity contribution in [1.82, 2.24) is 14.3 Å². The zero-order chi connectivity index (χ0) is 23.1. The average Bonchev–Trinajstić information content (AvgIpc) is 3.08. The van der Waals surface area contributed by atoms with Crippen LogP contribution in [-0.2, 0) is 16.2 Å². The van der Waals surface area contributed by atoms with E-state index in [0.29, 0.717) is 17.6 Å². The van der Waals surface area contributed by atoms with Gasteiger partial charge in [-0.05, 0) is 56.2 Å². The van der Waals surface area contributed by atoms with Crippen LogP contribution >= 0.6 is 0 Å². The van der Waals surface area contributed by atoms with Crippen molar-refractivity contribution < 1.29 is 26.4 Å². The summed E-state index contributed by atoms with van der Waals surface area (Å²) >= 11 is 0. The summed E-state index contributed by atoms with van der Waals surface area (Å²) in [6.45, 7) is 1.90. The minimum atomic E-state index is -4.70. The van der Waals surface area contributed by atoms with E-state index in [1.54, 1.807) is 6.07 Å². The minimum absolute atomic E-state index is 0.0568. The molecule has 1 fully saturated rings. The summed E-state index contributed by atoms with van der Waals surface area (Å²) in [4.78, 5) is 16.5. The zero-order valence-electron chi connectivity index (χ0n) is 17.3. The minimum Gasteiger partial charge on any atom is -0.325 e. The summed E-state index contributed by atoms with van der Waals surface area (Å²) in [5, 5.41) is 0. The van der Waals surface area contributed by atoms with Gasteiger partial charge in [0.05, 0.1) is 21.5 Å². The van der Waals surface area contributed by atoms with Crippen molar-refractivity contribution in [2.75, 3.05) is 0 Å². The average molecular weight is 465 g/mol. The highest BCUT2D eigenvalue weighted by molar-refractivity contribution is 7.90. The van der Waals surface area contributed by atoms with Crippen molar-refractivity contribution in [2.45, 2.75) is 56.1 Å². The van der Waals surface area contributed by atoms with Gasteiger partial charge in [0.15, 0.2) is 0 Å². The summed E-state index contributed by atoms with van der Waals surface area (Å²) in [5.74, 6) is -0.116. The van der Waals surface area contributed by atoms with E-state index in [9.17, 15) is 26.4 Å². The van der Waals surface area contributed by atoms with Gasteiger partial charge in [-0.25, -0.2) is 18.1 Å². The third kappa shape index (κ3) is 4.36. The molecule has 1 saturated carbocycles. The topological polar surface area (TPSA) is 81.1 Å². The molecule has 2 aromatic carbocycles. The maximum absolute atomic E-state index is 12.9. The number of nitrogens with one attached hydrogen (secondary N) is 1. The van der Waals surface area contributed by atoms with E-state index in [1.165, 1.54) is 18.6 Å². The number of fused-ring (bicyclic) bond motifs is 1. The van der Waals surface area contributed by atoms with Crippen molar-refractivity contribution in [1.29, 1.82) is 0 Å². The van der Waals surface area contributed by atoms with Crippen molar-refractivity contribution in [3.8, 4) is 0 Å². The monoisotopic (exact) mass is 465 g/mol. The molecule has 0 unspecified atom stereocenters. The Labute approximate surface area is 183 Å². The number of amides is 1. The van der Waals surface area contributed by atoms with Crippen molar-refractivity contribution in [2.24, 2.45) is 0 Å². The Morgan fingerprint density at radius 3 is 2.50 bits per heavy atom. The molecule has 1 amide bonds. The Bertz CT molecular complexity index is 1280. The lowest BCUT2D eigenvalue weighted by atomic mass is 9.95. The van der Waals surface area contributed by atoms with Crippen LogP contribution in [-0.4, -0.2) is 23.9 Å². The zero-order valence-corrected chi connectivity index (χ0v) is 18.1. The fraction of sp³-hybridized carbons (Fsp3) is 0.364. The number of alkyl halides is 3. The number of benzene rings is 2. The molecule has 0 aliphatic heterocycles. The fourth-order valence-electron chi connectivity index (χ4n) is 4.24. The van der Waals surface area contributed by atoms with Gasteiger partial charge in [-0.1, -0.05) is 25.3 Å². The molecular formula is C22H22F3N3O3S. The lowest BCUT2D eigenvalue weighted by Gasteiger charge is -2.25. The van der Waals surface area contributed by atoms with E-state index in [-0.39, 0.29) is 5.56 Å². The van der Waals surface area contributed by atoms with Crippen LogP contribution in [0.5, 0.6) is 0 Å². The van der Waals surface area contributed by atoms with Crippen molar-refractivity contribution >= 4 is 27.0 Å². The van der Waals surface area contributed by atoms with E-state index in [2.05, 4.69) is 9.55 Å². The van der Waals surface area contributed by atoms with Gasteiger partial charge in [0.25, 0.3) is 15.9 Å². The van der Waals surface area contributed by atoms with E-state index in [4.69, 9.17) is 0 Å². The molecule has 0 spiro atoms. The molecule has 0 bridgehead atoms. The van der Waals surface area contributed by atoms with Gasteiger partial charge < -0.3 is 4.57 Å². The summed E-state index contributed by atoms with van der Waals surface area (Å²) in [5.41, 5.74) is 0.378. The maximum atomic E-state index is 12.9. The first-order chi connectivity index (χ1) is 15.1.